The standard InChI is InChI=1S/C23H19F4N5O3.C21H16F4N4O2.C2H3NO/c1-29-21(35)30-12-22(13-30)20(34)31(18-7-4-15(9-28)8-17(18)24)11-19(33)32(22)10-14-2-5-16(6-3-14)23(25,26)27;22-16-7-14(8-26)3-6-17(16)28-10-18(30)29(20(19(28)31)11-27-12-20)9-13-1-4-15(5-2-13)21(23,24)25;1-3-2-4/h2-8H,10-13H2,1H3,(H,29,35);1-7,27H,9-12H2;1H3. The average molecular weight is 979 g/mol. The van der Waals surface area contributed by atoms with Crippen LogP contribution in [0.2, 0.25) is 0 Å². The number of piperazine rings is 2. The zero-order valence-electron chi connectivity index (χ0n) is 36.8. The largest absolute Gasteiger partial charge is 0.416 e. The van der Waals surface area contributed by atoms with E-state index in [9.17, 15) is 59.1 Å². The van der Waals surface area contributed by atoms with Crippen molar-refractivity contribution in [3.8, 4) is 12.1 Å². The normalized spacial score (nSPS) is 16.9. The van der Waals surface area contributed by atoms with Gasteiger partial charge in [0.25, 0.3) is 11.8 Å². The summed E-state index contributed by atoms with van der Waals surface area (Å²) in [5.41, 5.74) is -3.80. The smallest absolute Gasteiger partial charge is 0.341 e. The van der Waals surface area contributed by atoms with Crippen molar-refractivity contribution in [3.63, 3.8) is 0 Å². The van der Waals surface area contributed by atoms with Crippen molar-refractivity contribution in [1.82, 2.24) is 25.3 Å². The van der Waals surface area contributed by atoms with E-state index >= 15 is 0 Å². The fourth-order valence-corrected chi connectivity index (χ4v) is 8.11. The van der Waals surface area contributed by atoms with Crippen molar-refractivity contribution in [2.75, 3.05) is 63.2 Å². The Balaban J connectivity index is 0.000000215. The van der Waals surface area contributed by atoms with Gasteiger partial charge in [-0.15, -0.1) is 0 Å². The Kier molecular flexibility index (Phi) is 14.8. The van der Waals surface area contributed by atoms with Crippen LogP contribution in [0.15, 0.2) is 89.9 Å². The highest BCUT2D eigenvalue weighted by atomic mass is 19.4. The number of anilines is 2. The highest BCUT2D eigenvalue weighted by molar-refractivity contribution is 6.11. The molecule has 6 amide bonds. The number of carbonyl (C=O) groups excluding carboxylic acids is 6. The maximum atomic E-state index is 14.7. The number of amides is 6. The average Bonchev–Trinajstić information content (AvgIpc) is 3.30. The third-order valence-corrected chi connectivity index (χ3v) is 11.8. The van der Waals surface area contributed by atoms with Gasteiger partial charge >= 0.3 is 18.4 Å². The minimum atomic E-state index is -4.52. The van der Waals surface area contributed by atoms with Gasteiger partial charge < -0.3 is 25.3 Å². The molecule has 70 heavy (non-hydrogen) atoms. The fourth-order valence-electron chi connectivity index (χ4n) is 8.11. The van der Waals surface area contributed by atoms with Crippen LogP contribution in [0.4, 0.5) is 51.3 Å². The molecule has 4 aliphatic heterocycles. The van der Waals surface area contributed by atoms with Crippen molar-refractivity contribution >= 4 is 47.1 Å². The zero-order valence-corrected chi connectivity index (χ0v) is 36.8. The molecule has 4 aromatic rings. The monoisotopic (exact) mass is 978 g/mol. The summed E-state index contributed by atoms with van der Waals surface area (Å²) in [7, 11) is 2.78. The van der Waals surface area contributed by atoms with E-state index in [-0.39, 0.29) is 61.8 Å². The van der Waals surface area contributed by atoms with Gasteiger partial charge in [0.05, 0.1) is 58.9 Å². The summed E-state index contributed by atoms with van der Waals surface area (Å²) in [6, 6.07) is 18.8. The maximum absolute atomic E-state index is 14.7. The topological polar surface area (TPSA) is 203 Å². The SMILES string of the molecule is CN=C=O.CNC(=O)N1CC2(C1)C(=O)N(c1ccc(C#N)cc1F)CC(=O)N2Cc1ccc(C(F)(F)F)cc1.N#Cc1ccc(N2CC(=O)N(Cc3ccc(C(F)(F)F)cc3)C3(CNC3)C2=O)c(F)c1. The number of benzene rings is 4. The van der Waals surface area contributed by atoms with E-state index in [1.165, 1.54) is 83.4 Å². The van der Waals surface area contributed by atoms with Crippen LogP contribution in [0, 0.1) is 34.3 Å². The Morgan fingerprint density at radius 3 is 1.39 bits per heavy atom. The summed E-state index contributed by atoms with van der Waals surface area (Å²) in [6.45, 7) is -1.20. The van der Waals surface area contributed by atoms with Gasteiger partial charge in [0.2, 0.25) is 17.9 Å². The Morgan fingerprint density at radius 1 is 0.686 bits per heavy atom. The second-order valence-corrected chi connectivity index (χ2v) is 16.1. The number of alkyl halides is 6. The molecule has 0 aliphatic carbocycles. The van der Waals surface area contributed by atoms with Crippen LogP contribution in [0.5, 0.6) is 0 Å². The minimum absolute atomic E-state index is 0.0371. The first kappa shape index (κ1) is 51.2. The third kappa shape index (κ3) is 10.1. The van der Waals surface area contributed by atoms with Crippen molar-refractivity contribution < 1.29 is 63.9 Å². The van der Waals surface area contributed by atoms with Crippen LogP contribution < -0.4 is 20.4 Å². The molecule has 4 aromatic carbocycles. The predicted octanol–water partition coefficient (Wildman–Crippen LogP) is 4.87. The number of rotatable bonds is 6. The number of halogens is 8. The molecule has 2 spiro atoms. The lowest BCUT2D eigenvalue weighted by molar-refractivity contribution is -0.161. The summed E-state index contributed by atoms with van der Waals surface area (Å²) >= 11 is 0. The van der Waals surface area contributed by atoms with Gasteiger partial charge in [-0.1, -0.05) is 24.3 Å². The second-order valence-electron chi connectivity index (χ2n) is 16.1. The molecule has 0 bridgehead atoms. The van der Waals surface area contributed by atoms with Crippen LogP contribution in [0.25, 0.3) is 0 Å². The van der Waals surface area contributed by atoms with E-state index in [0.29, 0.717) is 11.1 Å². The Labute approximate surface area is 392 Å². The molecule has 4 heterocycles. The molecule has 24 heteroatoms. The van der Waals surface area contributed by atoms with E-state index in [2.05, 4.69) is 15.6 Å². The first-order valence-electron chi connectivity index (χ1n) is 20.7. The molecule has 0 unspecified atom stereocenters. The lowest BCUT2D eigenvalue weighted by Gasteiger charge is -2.57. The minimum Gasteiger partial charge on any atom is -0.341 e. The summed E-state index contributed by atoms with van der Waals surface area (Å²) in [4.78, 5) is 82.8. The molecule has 8 rings (SSSR count). The van der Waals surface area contributed by atoms with Gasteiger partial charge in [-0.05, 0) is 71.8 Å². The Bertz CT molecular complexity index is 2830. The molecule has 0 saturated carbocycles. The van der Waals surface area contributed by atoms with E-state index in [1.807, 2.05) is 0 Å². The van der Waals surface area contributed by atoms with E-state index in [4.69, 9.17) is 15.3 Å². The van der Waals surface area contributed by atoms with E-state index in [0.717, 1.165) is 46.2 Å². The van der Waals surface area contributed by atoms with Gasteiger partial charge in [-0.2, -0.15) is 36.9 Å². The molecule has 0 aromatic heterocycles. The number of nitrogens with one attached hydrogen (secondary N) is 2. The van der Waals surface area contributed by atoms with Crippen LogP contribution in [-0.4, -0.2) is 115 Å². The van der Waals surface area contributed by atoms with Gasteiger partial charge in [-0.3, -0.25) is 29.0 Å². The van der Waals surface area contributed by atoms with E-state index in [1.54, 1.807) is 12.1 Å². The number of hydrogen-bond donors (Lipinski definition) is 2. The van der Waals surface area contributed by atoms with Crippen LogP contribution in [-0.2, 0) is 49.4 Å². The quantitative estimate of drug-likeness (QED) is 0.154. The van der Waals surface area contributed by atoms with Crippen LogP contribution in [0.3, 0.4) is 0 Å². The Morgan fingerprint density at radius 2 is 1.07 bits per heavy atom. The first-order chi connectivity index (χ1) is 33.1. The summed E-state index contributed by atoms with van der Waals surface area (Å²) in [5.74, 6) is -3.79. The van der Waals surface area contributed by atoms with Gasteiger partial charge in [0.15, 0.2) is 5.54 Å². The fraction of sp³-hybridized carbons (Fsp3) is 0.304. The summed E-state index contributed by atoms with van der Waals surface area (Å²) in [6.07, 6.45) is -7.69. The molecule has 16 nitrogen and oxygen atoms in total. The van der Waals surface area contributed by atoms with Crippen LogP contribution >= 0.6 is 0 Å². The number of isocyanates is 1. The van der Waals surface area contributed by atoms with Crippen molar-refractivity contribution in [2.24, 2.45) is 4.99 Å². The molecule has 4 fully saturated rings. The summed E-state index contributed by atoms with van der Waals surface area (Å²) < 4.78 is 106. The zero-order chi connectivity index (χ0) is 51.3. The molecule has 2 N–H and O–H groups in total. The highest BCUT2D eigenvalue weighted by Crippen LogP contribution is 2.39. The van der Waals surface area contributed by atoms with Crippen LogP contribution in [0.1, 0.15) is 33.4 Å². The molecule has 4 saturated heterocycles. The number of hydrogen-bond acceptors (Lipinski definition) is 10. The van der Waals surface area contributed by atoms with Crippen molar-refractivity contribution in [2.45, 2.75) is 36.5 Å². The molecule has 0 radical (unpaired) electrons. The van der Waals surface area contributed by atoms with Gasteiger partial charge in [0.1, 0.15) is 30.3 Å². The molecule has 4 aliphatic rings. The molecular formula is C46H38F8N10O6. The lowest BCUT2D eigenvalue weighted by atomic mass is 9.83. The number of likely N-dealkylation sites (tertiary alicyclic amines) is 1. The number of urea groups is 1. The number of carbonyl (C=O) groups is 5. The van der Waals surface area contributed by atoms with Crippen molar-refractivity contribution in [1.29, 1.82) is 10.5 Å². The molecule has 0 atom stereocenters. The molecule has 364 valence electrons. The van der Waals surface area contributed by atoms with E-state index < -0.39 is 88.9 Å². The van der Waals surface area contributed by atoms with Crippen molar-refractivity contribution in [3.05, 3.63) is 130 Å². The maximum Gasteiger partial charge on any atom is 0.416 e. The first-order valence-corrected chi connectivity index (χ1v) is 20.7. The Hall–Kier alpha value is -8.21. The lowest BCUT2D eigenvalue weighted by Crippen LogP contribution is -2.81. The molecular weight excluding hydrogens is 941 g/mol. The number of aliphatic imine (C=N–C) groups is 1. The summed E-state index contributed by atoms with van der Waals surface area (Å²) in [5, 5.41) is 23.2. The van der Waals surface area contributed by atoms with Gasteiger partial charge in [-0.25, -0.2) is 23.4 Å². The highest BCUT2D eigenvalue weighted by Gasteiger charge is 2.61. The number of nitriles is 2. The number of nitrogens with zero attached hydrogens (tertiary/aromatic N) is 8. The second kappa shape index (κ2) is 20.2. The third-order valence-electron chi connectivity index (χ3n) is 11.8. The van der Waals surface area contributed by atoms with Gasteiger partial charge in [0, 0.05) is 40.3 Å². The predicted molar refractivity (Wildman–Crippen MR) is 229 cm³/mol.